The van der Waals surface area contributed by atoms with Gasteiger partial charge in [-0.05, 0) is 56.7 Å². The van der Waals surface area contributed by atoms with Crippen LogP contribution >= 0.6 is 0 Å². The van der Waals surface area contributed by atoms with E-state index in [1.54, 1.807) is 13.8 Å². The zero-order chi connectivity index (χ0) is 30.9. The van der Waals surface area contributed by atoms with Gasteiger partial charge in [-0.2, -0.15) is 0 Å². The number of rotatable bonds is 20. The van der Waals surface area contributed by atoms with Crippen LogP contribution in [0.5, 0.6) is 0 Å². The number of carbonyl (C=O) groups excluding carboxylic acids is 2. The molecule has 1 aliphatic heterocycles. The van der Waals surface area contributed by atoms with Crippen LogP contribution in [-0.4, -0.2) is 55.6 Å². The number of azo groups is 1. The van der Waals surface area contributed by atoms with Gasteiger partial charge in [-0.25, -0.2) is 9.13 Å². The van der Waals surface area contributed by atoms with Gasteiger partial charge in [-0.3, -0.25) is 9.59 Å². The molecule has 0 fully saturated rings. The van der Waals surface area contributed by atoms with Crippen LogP contribution in [0, 0.1) is 0 Å². The minimum atomic E-state index is 0.00520. The van der Waals surface area contributed by atoms with Crippen LogP contribution in [0.2, 0.25) is 0 Å². The number of nitrogens with one attached hydrogen (secondary N) is 2. The number of nitrogens with zero attached hydrogens (tertiary/aromatic N) is 6. The molecular weight excluding hydrogens is 540 g/mol. The molecule has 2 heterocycles. The first-order valence-corrected chi connectivity index (χ1v) is 16.6. The van der Waals surface area contributed by atoms with E-state index < -0.39 is 0 Å². The van der Waals surface area contributed by atoms with Crippen molar-refractivity contribution in [3.8, 4) is 0 Å². The zero-order valence-electron chi connectivity index (χ0n) is 27.1. The molecule has 0 atom stereocenters. The SMILES string of the molecule is CCCCCN1CCN(CCCCC)c2cc(N=Nc3n(CCCCNC(C)=O)cc[n+]3CCCCNC(C)=O)ccc21. The summed E-state index contributed by atoms with van der Waals surface area (Å²) in [7, 11) is 0. The standard InChI is InChI=1S/C33H54N8O2/c1-5-7-11-19-38-23-24-39(20-12-8-6-2)32-27-30(15-16-31(32)38)36-37-33-40(21-13-9-17-34-28(3)42)25-26-41(33)22-14-10-18-35-29(4)43/h15-16,25-27H,5-14,17-24H2,1-4H3,(H-,34,35,42,43)/p+1. The molecular formula is C33H55N8O2+. The minimum Gasteiger partial charge on any atom is -0.368 e. The highest BCUT2D eigenvalue weighted by molar-refractivity contribution is 5.77. The normalized spacial score (nSPS) is 13.0. The third kappa shape index (κ3) is 11.6. The van der Waals surface area contributed by atoms with Gasteiger partial charge in [0, 0.05) is 58.2 Å². The first-order valence-electron chi connectivity index (χ1n) is 16.6. The van der Waals surface area contributed by atoms with Crippen molar-refractivity contribution in [2.75, 3.05) is 49.1 Å². The molecule has 1 aromatic carbocycles. The summed E-state index contributed by atoms with van der Waals surface area (Å²) in [6.07, 6.45) is 15.2. The minimum absolute atomic E-state index is 0.00520. The average molecular weight is 596 g/mol. The van der Waals surface area contributed by atoms with Gasteiger partial charge in [-0.1, -0.05) is 44.6 Å². The van der Waals surface area contributed by atoms with Crippen molar-refractivity contribution < 1.29 is 14.2 Å². The van der Waals surface area contributed by atoms with Crippen LogP contribution in [0.3, 0.4) is 0 Å². The molecule has 0 saturated carbocycles. The Balaban J connectivity index is 1.79. The molecule has 0 aliphatic carbocycles. The summed E-state index contributed by atoms with van der Waals surface area (Å²) in [5.41, 5.74) is 3.45. The topological polar surface area (TPSA) is 98.2 Å². The maximum absolute atomic E-state index is 11.2. The molecule has 2 N–H and O–H groups in total. The van der Waals surface area contributed by atoms with E-state index in [0.29, 0.717) is 13.1 Å². The zero-order valence-corrected chi connectivity index (χ0v) is 27.1. The summed E-state index contributed by atoms with van der Waals surface area (Å²) in [5, 5.41) is 15.3. The molecule has 0 saturated heterocycles. The fourth-order valence-electron chi connectivity index (χ4n) is 5.52. The Labute approximate surface area is 258 Å². The number of unbranched alkanes of at least 4 members (excludes halogenated alkanes) is 6. The Morgan fingerprint density at radius 2 is 1.37 bits per heavy atom. The lowest BCUT2D eigenvalue weighted by Crippen LogP contribution is -2.42. The van der Waals surface area contributed by atoms with Crippen LogP contribution < -0.4 is 25.0 Å². The van der Waals surface area contributed by atoms with E-state index in [2.05, 4.69) is 74.0 Å². The van der Waals surface area contributed by atoms with E-state index in [-0.39, 0.29) is 11.8 Å². The molecule has 3 rings (SSSR count). The van der Waals surface area contributed by atoms with Crippen molar-refractivity contribution in [2.45, 2.75) is 105 Å². The van der Waals surface area contributed by atoms with E-state index >= 15 is 0 Å². The van der Waals surface area contributed by atoms with Gasteiger partial charge < -0.3 is 20.4 Å². The van der Waals surface area contributed by atoms with Gasteiger partial charge in [-0.15, -0.1) is 0 Å². The number of fused-ring (bicyclic) bond motifs is 1. The first kappa shape index (κ1) is 34.1. The molecule has 10 heteroatoms. The van der Waals surface area contributed by atoms with E-state index in [0.717, 1.165) is 76.6 Å². The van der Waals surface area contributed by atoms with Crippen LogP contribution in [0.1, 0.15) is 91.9 Å². The second-order valence-corrected chi connectivity index (χ2v) is 11.6. The molecule has 2 amide bonds. The molecule has 0 spiro atoms. The van der Waals surface area contributed by atoms with Gasteiger partial charge in [0.15, 0.2) is 0 Å². The first-order chi connectivity index (χ1) is 20.9. The van der Waals surface area contributed by atoms with E-state index in [4.69, 9.17) is 10.2 Å². The number of benzene rings is 1. The second-order valence-electron chi connectivity index (χ2n) is 11.6. The molecule has 1 aliphatic rings. The summed E-state index contributed by atoms with van der Waals surface area (Å²) in [4.78, 5) is 27.5. The summed E-state index contributed by atoms with van der Waals surface area (Å²) in [6.45, 7) is 14.9. The molecule has 43 heavy (non-hydrogen) atoms. The van der Waals surface area contributed by atoms with Crippen molar-refractivity contribution in [3.63, 3.8) is 0 Å². The largest absolute Gasteiger partial charge is 0.421 e. The van der Waals surface area contributed by atoms with Crippen molar-refractivity contribution in [1.29, 1.82) is 0 Å². The molecule has 10 nitrogen and oxygen atoms in total. The Morgan fingerprint density at radius 1 is 0.767 bits per heavy atom. The quantitative estimate of drug-likeness (QED) is 0.111. The molecule has 0 radical (unpaired) electrons. The van der Waals surface area contributed by atoms with Gasteiger partial charge in [0.1, 0.15) is 5.69 Å². The Hall–Kier alpha value is -3.43. The van der Waals surface area contributed by atoms with Gasteiger partial charge in [0.05, 0.1) is 36.9 Å². The number of imidazole rings is 1. The van der Waals surface area contributed by atoms with Crippen molar-refractivity contribution in [2.24, 2.45) is 10.2 Å². The van der Waals surface area contributed by atoms with E-state index in [9.17, 15) is 9.59 Å². The van der Waals surface area contributed by atoms with E-state index in [1.165, 1.54) is 49.9 Å². The van der Waals surface area contributed by atoms with Crippen molar-refractivity contribution >= 4 is 34.8 Å². The van der Waals surface area contributed by atoms with Crippen LogP contribution in [0.25, 0.3) is 0 Å². The molecule has 238 valence electrons. The predicted octanol–water partition coefficient (Wildman–Crippen LogP) is 6.03. The second kappa shape index (κ2) is 19.0. The average Bonchev–Trinajstić information content (AvgIpc) is 3.37. The highest BCUT2D eigenvalue weighted by Gasteiger charge is 2.23. The lowest BCUT2D eigenvalue weighted by molar-refractivity contribution is -0.684. The highest BCUT2D eigenvalue weighted by Crippen LogP contribution is 2.37. The maximum Gasteiger partial charge on any atom is 0.421 e. The summed E-state index contributed by atoms with van der Waals surface area (Å²) in [6, 6.07) is 6.55. The lowest BCUT2D eigenvalue weighted by atomic mass is 10.1. The van der Waals surface area contributed by atoms with Crippen molar-refractivity contribution in [1.82, 2.24) is 15.2 Å². The Kier molecular flexibility index (Phi) is 15.0. The number of aryl methyl sites for hydroxylation is 2. The maximum atomic E-state index is 11.2. The number of hydrogen-bond acceptors (Lipinski definition) is 6. The van der Waals surface area contributed by atoms with Gasteiger partial charge in [0.25, 0.3) is 0 Å². The van der Waals surface area contributed by atoms with Crippen molar-refractivity contribution in [3.05, 3.63) is 30.6 Å². The molecule has 2 aromatic rings. The fraction of sp³-hybridized carbons (Fsp3) is 0.667. The van der Waals surface area contributed by atoms with Gasteiger partial charge >= 0.3 is 5.95 Å². The summed E-state index contributed by atoms with van der Waals surface area (Å²) < 4.78 is 4.30. The number of amides is 2. The Morgan fingerprint density at radius 3 is 2.00 bits per heavy atom. The molecule has 0 bridgehead atoms. The summed E-state index contributed by atoms with van der Waals surface area (Å²) in [5.74, 6) is 0.828. The monoisotopic (exact) mass is 595 g/mol. The number of aromatic nitrogens is 2. The molecule has 1 aromatic heterocycles. The van der Waals surface area contributed by atoms with Crippen LogP contribution in [-0.2, 0) is 22.7 Å². The third-order valence-electron chi connectivity index (χ3n) is 7.94. The predicted molar refractivity (Wildman–Crippen MR) is 175 cm³/mol. The number of hydrogen-bond donors (Lipinski definition) is 2. The number of anilines is 2. The van der Waals surface area contributed by atoms with Crippen LogP contribution in [0.15, 0.2) is 40.8 Å². The molecule has 0 unspecified atom stereocenters. The van der Waals surface area contributed by atoms with E-state index in [1.807, 2.05) is 0 Å². The highest BCUT2D eigenvalue weighted by atomic mass is 16.2. The summed E-state index contributed by atoms with van der Waals surface area (Å²) >= 11 is 0. The van der Waals surface area contributed by atoms with Gasteiger partial charge in [0.2, 0.25) is 11.8 Å². The van der Waals surface area contributed by atoms with Crippen LogP contribution in [0.4, 0.5) is 23.0 Å². The fourth-order valence-corrected chi connectivity index (χ4v) is 5.52. The lowest BCUT2D eigenvalue weighted by Gasteiger charge is -2.39. The third-order valence-corrected chi connectivity index (χ3v) is 7.94. The smallest absolute Gasteiger partial charge is 0.368 e. The number of carbonyl (C=O) groups is 2. The Bertz CT molecular complexity index is 1120.